The summed E-state index contributed by atoms with van der Waals surface area (Å²) in [6.07, 6.45) is 17.4. The van der Waals surface area contributed by atoms with Crippen LogP contribution >= 0.6 is 15.9 Å². The molecule has 22 heteroatoms. The van der Waals surface area contributed by atoms with Crippen molar-refractivity contribution in [2.75, 3.05) is 62.1 Å². The van der Waals surface area contributed by atoms with Crippen LogP contribution in [-0.2, 0) is 29.0 Å². The predicted octanol–water partition coefficient (Wildman–Crippen LogP) is 10.2. The number of aromatic nitrogens is 13. The standard InChI is InChI=1S/C25H27N5O.C22H24N6O.C20H18BrN5O3/c1-19-13-14-22-21(18-19)23(31)29(17-9-12-20-10-5-4-6-11-20)25-27-26-24(30(22)25)28-15-7-2-3-8-16-28;1-16-8-9-19-18(13-16)20(29)27(15-17-7-6-10-23-14-17)22-25-24-21(28(19)22)26-11-4-2-3-5-12-26;1-24(2)19-22-23-20-25(14-7-4-12(5-8-14)10-17(27)29-3)18(28)15-11-13(21)6-9-16(15)26(19)20/h4-6,9-14,18H,2-3,7-8,15-17H2,1H3;6-10,13-14H,2-5,11-12,15H2,1H3;4-9,11H,10H2,1-3H3. The van der Waals surface area contributed by atoms with Crippen LogP contribution in [0.15, 0.2) is 159 Å². The third-order valence-electron chi connectivity index (χ3n) is 16.3. The van der Waals surface area contributed by atoms with Crippen LogP contribution in [0.5, 0.6) is 0 Å². The molecule has 2 aliphatic rings. The number of esters is 1. The van der Waals surface area contributed by atoms with E-state index in [1.54, 1.807) is 51.9 Å². The number of fused-ring (bicyclic) bond motifs is 9. The van der Waals surface area contributed by atoms with E-state index < -0.39 is 0 Å². The fourth-order valence-electron chi connectivity index (χ4n) is 11.9. The molecule has 0 atom stereocenters. The van der Waals surface area contributed by atoms with Crippen LogP contribution in [0.3, 0.4) is 0 Å². The maximum absolute atomic E-state index is 13.4. The Morgan fingerprint density at radius 3 is 1.70 bits per heavy atom. The highest BCUT2D eigenvalue weighted by atomic mass is 79.9. The van der Waals surface area contributed by atoms with Gasteiger partial charge in [-0.3, -0.25) is 33.3 Å². The molecule has 0 bridgehead atoms. The number of pyridine rings is 1. The molecule has 0 N–H and O–H groups in total. The average Bonchev–Trinajstić information content (AvgIpc) is 2.05. The number of benzene rings is 5. The monoisotopic (exact) mass is 1260 g/mol. The number of anilines is 3. The molecule has 454 valence electrons. The van der Waals surface area contributed by atoms with Crippen LogP contribution in [0, 0.1) is 13.8 Å². The minimum absolute atomic E-state index is 0.0290. The highest BCUT2D eigenvalue weighted by molar-refractivity contribution is 9.10. The van der Waals surface area contributed by atoms with Gasteiger partial charge in [0.15, 0.2) is 0 Å². The number of carbonyl (C=O) groups is 1. The number of allylic oxidation sites excluding steroid dienone is 1. The Hall–Kier alpha value is -9.83. The van der Waals surface area contributed by atoms with Gasteiger partial charge in [-0.2, -0.15) is 0 Å². The second-order valence-corrected chi connectivity index (χ2v) is 23.8. The normalized spacial score (nSPS) is 13.9. The van der Waals surface area contributed by atoms with Crippen LogP contribution in [0.1, 0.15) is 79.2 Å². The predicted molar refractivity (Wildman–Crippen MR) is 353 cm³/mol. The molecule has 7 aromatic heterocycles. The fourth-order valence-corrected chi connectivity index (χ4v) is 12.2. The van der Waals surface area contributed by atoms with Crippen molar-refractivity contribution < 1.29 is 9.53 Å². The minimum Gasteiger partial charge on any atom is -0.469 e. The largest absolute Gasteiger partial charge is 0.469 e. The van der Waals surface area contributed by atoms with Gasteiger partial charge < -0.3 is 19.4 Å². The van der Waals surface area contributed by atoms with E-state index in [-0.39, 0.29) is 29.1 Å². The molecule has 0 spiro atoms. The van der Waals surface area contributed by atoms with Crippen molar-refractivity contribution in [3.63, 3.8) is 0 Å². The van der Waals surface area contributed by atoms with Crippen LogP contribution in [0.4, 0.5) is 17.8 Å². The topological polar surface area (TPSA) is 205 Å². The smallest absolute Gasteiger partial charge is 0.309 e. The molecule has 0 aliphatic carbocycles. The second-order valence-electron chi connectivity index (χ2n) is 22.8. The van der Waals surface area contributed by atoms with Gasteiger partial charge in [0.1, 0.15) is 0 Å². The van der Waals surface area contributed by atoms with Gasteiger partial charge in [0.05, 0.1) is 58.5 Å². The van der Waals surface area contributed by atoms with Crippen molar-refractivity contribution in [2.24, 2.45) is 0 Å². The van der Waals surface area contributed by atoms with Crippen molar-refractivity contribution in [1.29, 1.82) is 0 Å². The van der Waals surface area contributed by atoms with Gasteiger partial charge in [0.25, 0.3) is 16.7 Å². The third-order valence-corrected chi connectivity index (χ3v) is 16.8. The van der Waals surface area contributed by atoms with Gasteiger partial charge in [-0.1, -0.05) is 126 Å². The summed E-state index contributed by atoms with van der Waals surface area (Å²) < 4.78 is 16.5. The molecule has 0 radical (unpaired) electrons. The fraction of sp³-hybridized carbons (Fsp3) is 0.299. The number of halogens is 1. The molecule has 14 rings (SSSR count). The van der Waals surface area contributed by atoms with Gasteiger partial charge in [0.2, 0.25) is 35.2 Å². The van der Waals surface area contributed by atoms with Crippen LogP contribution < -0.4 is 31.4 Å². The molecule has 89 heavy (non-hydrogen) atoms. The highest BCUT2D eigenvalue weighted by Crippen LogP contribution is 2.28. The van der Waals surface area contributed by atoms with Crippen LogP contribution in [0.2, 0.25) is 0 Å². The lowest BCUT2D eigenvalue weighted by molar-refractivity contribution is -0.139. The van der Waals surface area contributed by atoms with E-state index in [4.69, 9.17) is 4.74 Å². The SMILES string of the molecule is COC(=O)Cc1ccc(-n2c(=O)c3cc(Br)ccc3n3c(N(C)C)nnc23)cc1.Cc1ccc2c(c1)c(=O)n(CC=Cc1ccccc1)c1nnc(N3CCCCCC3)n21.Cc1ccc2c(c1)c(=O)n(Cc1cccnc1)c1nnc(N3CCCCCC3)n21. The average molecular weight is 1260 g/mol. The molecule has 0 amide bonds. The van der Waals surface area contributed by atoms with Crippen molar-refractivity contribution in [3.05, 3.63) is 203 Å². The van der Waals surface area contributed by atoms with Gasteiger partial charge >= 0.3 is 5.97 Å². The summed E-state index contributed by atoms with van der Waals surface area (Å²) in [5, 5.41) is 28.5. The van der Waals surface area contributed by atoms with E-state index in [9.17, 15) is 19.2 Å². The Morgan fingerprint density at radius 2 is 1.12 bits per heavy atom. The summed E-state index contributed by atoms with van der Waals surface area (Å²) in [6.45, 7) is 8.77. The number of nitrogens with zero attached hydrogens (tertiary/aromatic N) is 16. The molecule has 2 fully saturated rings. The van der Waals surface area contributed by atoms with E-state index in [0.29, 0.717) is 58.2 Å². The Labute approximate surface area is 520 Å². The molecule has 0 saturated carbocycles. The summed E-state index contributed by atoms with van der Waals surface area (Å²) in [5.41, 5.74) is 7.81. The minimum atomic E-state index is -0.319. The maximum Gasteiger partial charge on any atom is 0.309 e. The Morgan fingerprint density at radius 1 is 0.573 bits per heavy atom. The number of aryl methyl sites for hydroxylation is 2. The zero-order chi connectivity index (χ0) is 61.7. The molecular weight excluding hydrogens is 1190 g/mol. The summed E-state index contributed by atoms with van der Waals surface area (Å²) in [5.74, 6) is 3.55. The maximum atomic E-state index is 13.4. The lowest BCUT2D eigenvalue weighted by Crippen LogP contribution is -2.28. The number of hydrogen-bond donors (Lipinski definition) is 0. The van der Waals surface area contributed by atoms with Crippen LogP contribution in [-0.4, -0.2) is 116 Å². The zero-order valence-electron chi connectivity index (χ0n) is 50.5. The van der Waals surface area contributed by atoms with Crippen molar-refractivity contribution in [1.82, 2.24) is 62.5 Å². The number of methoxy groups -OCH3 is 1. The van der Waals surface area contributed by atoms with Gasteiger partial charge in [-0.05, 0) is 117 Å². The second kappa shape index (κ2) is 26.2. The first-order valence-corrected chi connectivity index (χ1v) is 30.9. The molecule has 5 aromatic carbocycles. The Bertz CT molecular complexity index is 4760. The number of carbonyl (C=O) groups excluding carboxylic acids is 1. The van der Waals surface area contributed by atoms with Crippen molar-refractivity contribution >= 4 is 95.9 Å². The van der Waals surface area contributed by atoms with E-state index >= 15 is 0 Å². The van der Waals surface area contributed by atoms with E-state index in [0.717, 1.165) is 113 Å². The Kier molecular flexibility index (Phi) is 17.5. The summed E-state index contributed by atoms with van der Waals surface area (Å²) in [7, 11) is 5.10. The molecule has 21 nitrogen and oxygen atoms in total. The third kappa shape index (κ3) is 12.3. The first-order chi connectivity index (χ1) is 43.3. The number of rotatable bonds is 11. The van der Waals surface area contributed by atoms with E-state index in [2.05, 4.69) is 70.1 Å². The summed E-state index contributed by atoms with van der Waals surface area (Å²) in [4.78, 5) is 62.3. The summed E-state index contributed by atoms with van der Waals surface area (Å²) >= 11 is 3.45. The quantitative estimate of drug-likeness (QED) is 0.110. The number of ether oxygens (including phenoxy) is 1. The first-order valence-electron chi connectivity index (χ1n) is 30.1. The highest BCUT2D eigenvalue weighted by Gasteiger charge is 2.25. The molecule has 2 aliphatic heterocycles. The van der Waals surface area contributed by atoms with E-state index in [1.807, 2.05) is 140 Å². The van der Waals surface area contributed by atoms with Gasteiger partial charge in [-0.15, -0.1) is 30.6 Å². The van der Waals surface area contributed by atoms with Crippen LogP contribution in [0.25, 0.3) is 61.8 Å². The lowest BCUT2D eigenvalue weighted by atomic mass is 10.1. The molecule has 12 aromatic rings. The van der Waals surface area contributed by atoms with Crippen molar-refractivity contribution in [2.45, 2.75) is 84.7 Å². The van der Waals surface area contributed by atoms with Gasteiger partial charge in [-0.25, -0.2) is 17.8 Å². The first kappa shape index (κ1) is 59.5. The molecule has 2 saturated heterocycles. The zero-order valence-corrected chi connectivity index (χ0v) is 52.1. The number of hydrogen-bond acceptors (Lipinski definition) is 15. The summed E-state index contributed by atoms with van der Waals surface area (Å²) in [6, 6.07) is 38.7. The van der Waals surface area contributed by atoms with E-state index in [1.165, 1.54) is 37.4 Å². The van der Waals surface area contributed by atoms with Gasteiger partial charge in [0, 0.05) is 63.7 Å². The van der Waals surface area contributed by atoms with Crippen molar-refractivity contribution in [3.8, 4) is 5.69 Å². The Balaban J connectivity index is 0.000000130. The molecule has 9 heterocycles. The lowest BCUT2D eigenvalue weighted by Gasteiger charge is -2.21. The molecule has 0 unspecified atom stereocenters. The molecular formula is C67H69BrN16O5.